The second kappa shape index (κ2) is 9.41. The molecule has 1 aliphatic heterocycles. The Morgan fingerprint density at radius 2 is 1.97 bits per heavy atom. The minimum Gasteiger partial charge on any atom is -0.341 e. The van der Waals surface area contributed by atoms with E-state index in [4.69, 9.17) is 0 Å². The maximum absolute atomic E-state index is 12.9. The molecule has 8 nitrogen and oxygen atoms in total. The van der Waals surface area contributed by atoms with Gasteiger partial charge in [0.1, 0.15) is 0 Å². The van der Waals surface area contributed by atoms with E-state index >= 15 is 0 Å². The summed E-state index contributed by atoms with van der Waals surface area (Å²) < 4.78 is 27.6. The molecular formula is C20H29N5O3S. The number of nitrogens with one attached hydrogen (secondary N) is 1. The predicted octanol–water partition coefficient (Wildman–Crippen LogP) is 1.55. The molecule has 0 atom stereocenters. The van der Waals surface area contributed by atoms with E-state index in [-0.39, 0.29) is 12.3 Å². The average molecular weight is 420 g/mol. The van der Waals surface area contributed by atoms with E-state index in [1.165, 1.54) is 5.56 Å². The van der Waals surface area contributed by atoms with Gasteiger partial charge < -0.3 is 4.90 Å². The van der Waals surface area contributed by atoms with Gasteiger partial charge >= 0.3 is 0 Å². The van der Waals surface area contributed by atoms with Crippen LogP contribution in [0.3, 0.4) is 0 Å². The highest BCUT2D eigenvalue weighted by Gasteiger charge is 2.21. The number of hydrogen-bond acceptors (Lipinski definition) is 5. The number of para-hydroxylation sites is 1. The number of hydrogen-bond donors (Lipinski definition) is 1. The highest BCUT2D eigenvalue weighted by molar-refractivity contribution is 7.92. The molecular weight excluding hydrogens is 390 g/mol. The van der Waals surface area contributed by atoms with Crippen LogP contribution < -0.4 is 4.72 Å². The van der Waals surface area contributed by atoms with Crippen molar-refractivity contribution in [2.75, 3.05) is 37.2 Å². The number of aryl methyl sites for hydroxylation is 1. The minimum absolute atomic E-state index is 0.0217. The number of benzene rings is 1. The first-order chi connectivity index (χ1) is 13.8. The van der Waals surface area contributed by atoms with E-state index in [0.717, 1.165) is 38.9 Å². The lowest BCUT2D eigenvalue weighted by molar-refractivity contribution is -0.130. The fourth-order valence-corrected chi connectivity index (χ4v) is 4.14. The summed E-state index contributed by atoms with van der Waals surface area (Å²) in [6.45, 7) is 6.89. The Hall–Kier alpha value is -2.39. The van der Waals surface area contributed by atoms with E-state index in [9.17, 15) is 13.2 Å². The number of nitrogens with zero attached hydrogens (tertiary/aromatic N) is 4. The van der Waals surface area contributed by atoms with Gasteiger partial charge in [-0.3, -0.25) is 19.1 Å². The maximum atomic E-state index is 12.9. The van der Waals surface area contributed by atoms with Crippen LogP contribution in [0.25, 0.3) is 0 Å². The van der Waals surface area contributed by atoms with E-state index in [0.29, 0.717) is 24.3 Å². The van der Waals surface area contributed by atoms with Crippen LogP contribution in [0.4, 0.5) is 5.69 Å². The lowest BCUT2D eigenvalue weighted by Gasteiger charge is -2.22. The smallest absolute Gasteiger partial charge is 0.229 e. The van der Waals surface area contributed by atoms with Crippen LogP contribution in [0.5, 0.6) is 0 Å². The third kappa shape index (κ3) is 6.30. The molecule has 29 heavy (non-hydrogen) atoms. The van der Waals surface area contributed by atoms with Gasteiger partial charge in [0.2, 0.25) is 15.9 Å². The van der Waals surface area contributed by atoms with Crippen molar-refractivity contribution in [1.82, 2.24) is 19.6 Å². The van der Waals surface area contributed by atoms with Crippen molar-refractivity contribution in [2.24, 2.45) is 0 Å². The number of aromatic nitrogens is 2. The minimum atomic E-state index is -3.39. The standard InChI is InChI=1S/C20H29N5O3S/c1-3-25-16-17(14-21-25)15-23-9-6-10-24(12-11-23)20(26)13-18-7-4-5-8-19(18)22-29(2,27)28/h4-5,7-8,14,16,22H,3,6,9-13,15H2,1-2H3. The zero-order valence-electron chi connectivity index (χ0n) is 17.0. The highest BCUT2D eigenvalue weighted by atomic mass is 32.2. The van der Waals surface area contributed by atoms with Gasteiger partial charge in [0.05, 0.1) is 24.6 Å². The van der Waals surface area contributed by atoms with E-state index in [1.807, 2.05) is 21.8 Å². The van der Waals surface area contributed by atoms with Crippen LogP contribution in [0, 0.1) is 0 Å². The zero-order valence-corrected chi connectivity index (χ0v) is 17.9. The molecule has 0 radical (unpaired) electrons. The second-order valence-corrected chi connectivity index (χ2v) is 9.17. The molecule has 1 N–H and O–H groups in total. The van der Waals surface area contributed by atoms with Gasteiger partial charge in [-0.15, -0.1) is 0 Å². The van der Waals surface area contributed by atoms with Crippen molar-refractivity contribution in [3.63, 3.8) is 0 Å². The predicted molar refractivity (Wildman–Crippen MR) is 113 cm³/mol. The van der Waals surface area contributed by atoms with Crippen molar-refractivity contribution in [2.45, 2.75) is 32.9 Å². The Morgan fingerprint density at radius 3 is 2.69 bits per heavy atom. The van der Waals surface area contributed by atoms with Gasteiger partial charge in [-0.05, 0) is 25.0 Å². The Kier molecular flexibility index (Phi) is 6.92. The van der Waals surface area contributed by atoms with Crippen molar-refractivity contribution in [3.8, 4) is 0 Å². The van der Waals surface area contributed by atoms with E-state index < -0.39 is 10.0 Å². The number of carbonyl (C=O) groups excluding carboxylic acids is 1. The van der Waals surface area contributed by atoms with E-state index in [2.05, 4.69) is 27.8 Å². The molecule has 1 aliphatic rings. The summed E-state index contributed by atoms with van der Waals surface area (Å²) in [5.41, 5.74) is 2.34. The Balaban J connectivity index is 1.58. The molecule has 158 valence electrons. The molecule has 2 aromatic rings. The van der Waals surface area contributed by atoms with Gasteiger partial charge in [0, 0.05) is 51.0 Å². The summed E-state index contributed by atoms with van der Waals surface area (Å²) in [7, 11) is -3.39. The molecule has 2 heterocycles. The molecule has 9 heteroatoms. The number of anilines is 1. The van der Waals surface area contributed by atoms with Crippen molar-refractivity contribution in [3.05, 3.63) is 47.8 Å². The van der Waals surface area contributed by atoms with Crippen LogP contribution in [0.2, 0.25) is 0 Å². The number of sulfonamides is 1. The van der Waals surface area contributed by atoms with Crippen LogP contribution >= 0.6 is 0 Å². The summed E-state index contributed by atoms with van der Waals surface area (Å²) >= 11 is 0. The Morgan fingerprint density at radius 1 is 1.17 bits per heavy atom. The van der Waals surface area contributed by atoms with Crippen molar-refractivity contribution >= 4 is 21.6 Å². The molecule has 0 saturated carbocycles. The first kappa shape index (κ1) is 21.3. The Labute approximate surface area is 172 Å². The lowest BCUT2D eigenvalue weighted by Crippen LogP contribution is -2.36. The number of amides is 1. The van der Waals surface area contributed by atoms with Crippen molar-refractivity contribution < 1.29 is 13.2 Å². The first-order valence-corrected chi connectivity index (χ1v) is 11.8. The molecule has 1 aromatic carbocycles. The highest BCUT2D eigenvalue weighted by Crippen LogP contribution is 2.18. The molecule has 1 fully saturated rings. The first-order valence-electron chi connectivity index (χ1n) is 9.91. The molecule has 0 unspecified atom stereocenters. The van der Waals surface area contributed by atoms with Crippen LogP contribution in [0.15, 0.2) is 36.7 Å². The van der Waals surface area contributed by atoms with Gasteiger partial charge in [-0.1, -0.05) is 18.2 Å². The van der Waals surface area contributed by atoms with Gasteiger partial charge in [-0.25, -0.2) is 8.42 Å². The molecule has 1 aromatic heterocycles. The molecule has 3 rings (SSSR count). The molecule has 0 aliphatic carbocycles. The summed E-state index contributed by atoms with van der Waals surface area (Å²) in [6, 6.07) is 7.05. The second-order valence-electron chi connectivity index (χ2n) is 7.42. The summed E-state index contributed by atoms with van der Waals surface area (Å²) in [4.78, 5) is 17.1. The SMILES string of the molecule is CCn1cc(CN2CCCN(C(=O)Cc3ccccc3NS(C)(=O)=O)CC2)cn1. The Bertz CT molecular complexity index is 941. The van der Waals surface area contributed by atoms with Crippen LogP contribution in [-0.2, 0) is 34.3 Å². The fraction of sp³-hybridized carbons (Fsp3) is 0.500. The lowest BCUT2D eigenvalue weighted by atomic mass is 10.1. The summed E-state index contributed by atoms with van der Waals surface area (Å²) in [6.07, 6.45) is 6.18. The number of rotatable bonds is 7. The van der Waals surface area contributed by atoms with Gasteiger partial charge in [-0.2, -0.15) is 5.10 Å². The number of carbonyl (C=O) groups is 1. The van der Waals surface area contributed by atoms with Gasteiger partial charge in [0.25, 0.3) is 0 Å². The monoisotopic (exact) mass is 419 g/mol. The topological polar surface area (TPSA) is 87.5 Å². The third-order valence-electron chi connectivity index (χ3n) is 5.01. The quantitative estimate of drug-likeness (QED) is 0.736. The van der Waals surface area contributed by atoms with Crippen LogP contribution in [-0.4, -0.2) is 66.3 Å². The third-order valence-corrected chi connectivity index (χ3v) is 5.60. The van der Waals surface area contributed by atoms with E-state index in [1.54, 1.807) is 18.2 Å². The molecule has 1 amide bonds. The van der Waals surface area contributed by atoms with Gasteiger partial charge in [0.15, 0.2) is 0 Å². The molecule has 0 bridgehead atoms. The normalized spacial score (nSPS) is 15.9. The summed E-state index contributed by atoms with van der Waals surface area (Å²) in [5, 5.41) is 4.32. The fourth-order valence-electron chi connectivity index (χ4n) is 3.55. The average Bonchev–Trinajstić information content (AvgIpc) is 2.98. The summed E-state index contributed by atoms with van der Waals surface area (Å²) in [5.74, 6) is 0.0217. The molecule has 1 saturated heterocycles. The van der Waals surface area contributed by atoms with Crippen molar-refractivity contribution in [1.29, 1.82) is 0 Å². The molecule has 0 spiro atoms. The zero-order chi connectivity index (χ0) is 20.9. The maximum Gasteiger partial charge on any atom is 0.229 e. The van der Waals surface area contributed by atoms with Crippen LogP contribution in [0.1, 0.15) is 24.5 Å². The largest absolute Gasteiger partial charge is 0.341 e.